The van der Waals surface area contributed by atoms with E-state index in [1.54, 1.807) is 58.2 Å². The molecular formula is C54H80O19. The van der Waals surface area contributed by atoms with Gasteiger partial charge in [0.15, 0.2) is 30.9 Å². The lowest BCUT2D eigenvalue weighted by Crippen LogP contribution is -2.78. The van der Waals surface area contributed by atoms with Crippen LogP contribution in [0.4, 0.5) is 0 Å². The third-order valence-electron chi connectivity index (χ3n) is 18.8. The number of ketones is 1. The molecule has 3 saturated carbocycles. The van der Waals surface area contributed by atoms with Crippen LogP contribution in [0.1, 0.15) is 129 Å². The highest BCUT2D eigenvalue weighted by Crippen LogP contribution is 2.71. The van der Waals surface area contributed by atoms with Crippen LogP contribution in [-0.4, -0.2) is 184 Å². The molecule has 6 N–H and O–H groups in total. The summed E-state index contributed by atoms with van der Waals surface area (Å²) >= 11 is 0. The average molecular weight is 1030 g/mol. The molecule has 8 aliphatic rings. The first-order valence-electron chi connectivity index (χ1n) is 26.5. The molecule has 0 spiro atoms. The Morgan fingerprint density at radius 2 is 1.19 bits per heavy atom. The second-order valence-corrected chi connectivity index (χ2v) is 22.8. The third-order valence-corrected chi connectivity index (χ3v) is 18.8. The van der Waals surface area contributed by atoms with Gasteiger partial charge in [0.25, 0.3) is 0 Å². The van der Waals surface area contributed by atoms with Gasteiger partial charge in [0.05, 0.1) is 65.9 Å². The van der Waals surface area contributed by atoms with Crippen LogP contribution in [0.25, 0.3) is 0 Å². The number of carbonyl (C=O) groups is 2. The fourth-order valence-electron chi connectivity index (χ4n) is 14.4. The zero-order chi connectivity index (χ0) is 52.6. The minimum absolute atomic E-state index is 0.0599. The maximum absolute atomic E-state index is 13.7. The van der Waals surface area contributed by atoms with Gasteiger partial charge < -0.3 is 82.7 Å². The molecular weight excluding hydrogens is 953 g/mol. The summed E-state index contributed by atoms with van der Waals surface area (Å²) in [4.78, 5) is 27.0. The molecule has 7 fully saturated rings. The molecule has 73 heavy (non-hydrogen) atoms. The van der Waals surface area contributed by atoms with Crippen molar-refractivity contribution in [1.29, 1.82) is 0 Å². The van der Waals surface area contributed by atoms with Crippen molar-refractivity contribution in [2.24, 2.45) is 16.7 Å². The van der Waals surface area contributed by atoms with Gasteiger partial charge in [0.1, 0.15) is 47.3 Å². The number of Topliss-reactive ketones (excluding diaryl/α,β-unsaturated/α-hetero) is 1. The molecule has 19 heteroatoms. The number of aliphatic hydroxyl groups excluding tert-OH is 3. The summed E-state index contributed by atoms with van der Waals surface area (Å²) in [5.74, 6) is -1.80. The van der Waals surface area contributed by atoms with Crippen LogP contribution in [0, 0.1) is 16.7 Å². The van der Waals surface area contributed by atoms with E-state index >= 15 is 0 Å². The SMILES string of the molecule is CO[C@H]1C[C@H](O[C@H]2[C@@H](O)C[C@H](O[C@H]3CC[C@@]4(C)C(=CC[C@]5(O)[C@@H]4C[C@@H](OC(=O)c4ccccc4)[C@@]4(C)[C@]5(O)CC[C@@]4(O)C(C)=O)C3)O[C@@H]2C)O[C@H](C)[C@H]1O[C@H]1C[C@@H](O)[C@H](O[C@H]2C[C@@H](OC)[C@H](O)[C@@H](C)O2)[C@@H](C)O1. The Bertz CT molecular complexity index is 2120. The van der Waals surface area contributed by atoms with Gasteiger partial charge >= 0.3 is 5.97 Å². The van der Waals surface area contributed by atoms with E-state index < -0.39 is 150 Å². The summed E-state index contributed by atoms with van der Waals surface area (Å²) in [6.07, 6.45) is -7.86. The smallest absolute Gasteiger partial charge is 0.338 e. The van der Waals surface area contributed by atoms with Gasteiger partial charge in [0.2, 0.25) is 0 Å². The summed E-state index contributed by atoms with van der Waals surface area (Å²) in [6, 6.07) is 8.46. The lowest BCUT2D eigenvalue weighted by atomic mass is 9.42. The molecule has 1 aromatic rings. The van der Waals surface area contributed by atoms with Gasteiger partial charge in [-0.25, -0.2) is 4.79 Å². The molecule has 9 rings (SSSR count). The topological polar surface area (TPSA) is 257 Å². The molecule has 410 valence electrons. The van der Waals surface area contributed by atoms with Gasteiger partial charge in [-0.15, -0.1) is 0 Å². The number of aliphatic hydroxyl groups is 6. The molecule has 0 amide bonds. The Balaban J connectivity index is 0.795. The van der Waals surface area contributed by atoms with E-state index in [0.29, 0.717) is 31.2 Å². The Morgan fingerprint density at radius 1 is 0.658 bits per heavy atom. The number of carbonyl (C=O) groups excluding carboxylic acids is 2. The molecule has 0 bridgehead atoms. The Morgan fingerprint density at radius 3 is 1.77 bits per heavy atom. The number of fused-ring (bicyclic) bond motifs is 5. The Labute approximate surface area is 428 Å². The van der Waals surface area contributed by atoms with Crippen LogP contribution < -0.4 is 0 Å². The molecule has 4 aliphatic carbocycles. The van der Waals surface area contributed by atoms with Crippen molar-refractivity contribution >= 4 is 11.8 Å². The molecule has 4 heterocycles. The highest BCUT2D eigenvalue weighted by atomic mass is 16.8. The zero-order valence-electron chi connectivity index (χ0n) is 43.7. The quantitative estimate of drug-likeness (QED) is 0.122. The predicted molar refractivity (Wildman–Crippen MR) is 256 cm³/mol. The van der Waals surface area contributed by atoms with Gasteiger partial charge in [-0.1, -0.05) is 36.8 Å². The number of hydrogen-bond donors (Lipinski definition) is 6. The van der Waals surface area contributed by atoms with Crippen molar-refractivity contribution in [3.63, 3.8) is 0 Å². The molecule has 24 atom stereocenters. The van der Waals surface area contributed by atoms with E-state index in [9.17, 15) is 40.2 Å². The monoisotopic (exact) mass is 1030 g/mol. The Kier molecular flexibility index (Phi) is 15.9. The van der Waals surface area contributed by atoms with Crippen molar-refractivity contribution in [1.82, 2.24) is 0 Å². The minimum Gasteiger partial charge on any atom is -0.458 e. The summed E-state index contributed by atoms with van der Waals surface area (Å²) in [7, 11) is 3.10. The van der Waals surface area contributed by atoms with Crippen LogP contribution in [0.2, 0.25) is 0 Å². The van der Waals surface area contributed by atoms with Gasteiger partial charge in [0, 0.05) is 45.8 Å². The van der Waals surface area contributed by atoms with E-state index in [1.807, 2.05) is 19.9 Å². The van der Waals surface area contributed by atoms with Crippen LogP contribution >= 0.6 is 0 Å². The molecule has 1 aromatic carbocycles. The second-order valence-electron chi connectivity index (χ2n) is 22.8. The van der Waals surface area contributed by atoms with Gasteiger partial charge in [-0.2, -0.15) is 0 Å². The molecule has 0 aromatic heterocycles. The lowest BCUT2D eigenvalue weighted by molar-refractivity contribution is -0.345. The highest BCUT2D eigenvalue weighted by Gasteiger charge is 2.81. The largest absolute Gasteiger partial charge is 0.458 e. The van der Waals surface area contributed by atoms with Crippen LogP contribution in [0.15, 0.2) is 42.0 Å². The molecule has 0 radical (unpaired) electrons. The maximum Gasteiger partial charge on any atom is 0.338 e. The van der Waals surface area contributed by atoms with Gasteiger partial charge in [-0.05, 0) is 104 Å². The third kappa shape index (κ3) is 9.60. The van der Waals surface area contributed by atoms with Crippen molar-refractivity contribution in [2.45, 2.75) is 247 Å². The fourth-order valence-corrected chi connectivity index (χ4v) is 14.4. The van der Waals surface area contributed by atoms with E-state index in [2.05, 4.69) is 6.92 Å². The van der Waals surface area contributed by atoms with E-state index in [0.717, 1.165) is 5.57 Å². The minimum atomic E-state index is -2.05. The predicted octanol–water partition coefficient (Wildman–Crippen LogP) is 3.53. The molecule has 0 unspecified atom stereocenters. The van der Waals surface area contributed by atoms with E-state index in [1.165, 1.54) is 14.0 Å². The zero-order valence-corrected chi connectivity index (χ0v) is 43.7. The first kappa shape index (κ1) is 55.2. The second kappa shape index (κ2) is 21.0. The number of rotatable bonds is 13. The number of esters is 1. The van der Waals surface area contributed by atoms with Crippen molar-refractivity contribution in [3.8, 4) is 0 Å². The molecule has 19 nitrogen and oxygen atoms in total. The summed E-state index contributed by atoms with van der Waals surface area (Å²) < 4.78 is 68.0. The fraction of sp³-hybridized carbons (Fsp3) is 0.815. The van der Waals surface area contributed by atoms with Crippen molar-refractivity contribution in [3.05, 3.63) is 47.5 Å². The van der Waals surface area contributed by atoms with Crippen LogP contribution in [0.3, 0.4) is 0 Å². The number of methoxy groups -OCH3 is 2. The number of ether oxygens (including phenoxy) is 11. The van der Waals surface area contributed by atoms with Crippen molar-refractivity contribution in [2.75, 3.05) is 14.2 Å². The summed E-state index contributed by atoms with van der Waals surface area (Å²) in [6.45, 7) is 12.1. The van der Waals surface area contributed by atoms with E-state index in [-0.39, 0.29) is 51.0 Å². The Hall–Kier alpha value is -2.54. The highest BCUT2D eigenvalue weighted by molar-refractivity contribution is 5.90. The number of hydrogen-bond acceptors (Lipinski definition) is 19. The number of benzene rings is 1. The van der Waals surface area contributed by atoms with Crippen LogP contribution in [0.5, 0.6) is 0 Å². The first-order chi connectivity index (χ1) is 34.5. The van der Waals surface area contributed by atoms with E-state index in [4.69, 9.17) is 52.1 Å². The van der Waals surface area contributed by atoms with Crippen molar-refractivity contribution < 1.29 is 92.3 Å². The van der Waals surface area contributed by atoms with Crippen LogP contribution in [-0.2, 0) is 56.9 Å². The maximum atomic E-state index is 13.7. The molecule has 4 saturated heterocycles. The average Bonchev–Trinajstić information content (AvgIpc) is 3.58. The normalized spacial score (nSPS) is 50.0. The van der Waals surface area contributed by atoms with Gasteiger partial charge in [-0.3, -0.25) is 4.79 Å². The molecule has 4 aliphatic heterocycles. The summed E-state index contributed by atoms with van der Waals surface area (Å²) in [5, 5.41) is 71.1. The lowest BCUT2D eigenvalue weighted by Gasteiger charge is -2.67. The summed E-state index contributed by atoms with van der Waals surface area (Å²) in [5.41, 5.74) is -6.83. The standard InChI is InChI=1S/C54H80O19/c1-27-45(58)37(63-8)24-43(65-27)71-47-29(3)67-42(23-36(47)57)73-48-30(4)68-44(25-38(48)64-9)72-46-28(2)66-41(22-35(46)56)69-34-16-17-50(6)33(21-34)15-18-53(61)39(50)26-40(70-49(59)32-13-11-10-12-14-32)51(7)52(60,31(5)55)19-20-54(51,53)62/h10-15,27-30,34-48,56-58,60-62H,16-26H2,1-9H3/t27-,28-,29-,30-,34+,35+,36-,37-,38+,39-,40-,41+,42+,43+,44+,45-,46-,47-,48-,50+,51-,52-,53+,54-/m1/s1. The first-order valence-corrected chi connectivity index (χ1v) is 26.5.